The van der Waals surface area contributed by atoms with Crippen LogP contribution in [0.5, 0.6) is 0 Å². The van der Waals surface area contributed by atoms with E-state index in [0.717, 1.165) is 0 Å². The molecule has 3 nitrogen and oxygen atoms in total. The predicted molar refractivity (Wildman–Crippen MR) is 25.9 cm³/mol. The Balaban J connectivity index is 3.24. The Morgan fingerprint density at radius 2 is 2.57 bits per heavy atom. The van der Waals surface area contributed by atoms with Gasteiger partial charge in [0, 0.05) is 7.11 Å². The lowest BCUT2D eigenvalue weighted by molar-refractivity contribution is -0.107. The van der Waals surface area contributed by atoms with E-state index in [2.05, 4.69) is 4.52 Å². The molecule has 0 aliphatic carbocycles. The highest BCUT2D eigenvalue weighted by molar-refractivity contribution is 7.54. The van der Waals surface area contributed by atoms with Gasteiger partial charge in [0.1, 0.15) is 14.9 Å². The van der Waals surface area contributed by atoms with Crippen LogP contribution in [0.1, 0.15) is 0 Å². The first-order chi connectivity index (χ1) is 3.31. The van der Waals surface area contributed by atoms with Crippen molar-refractivity contribution in [3.63, 3.8) is 0 Å². The molecule has 0 aliphatic rings. The largest absolute Gasteiger partial charge is 0.357 e. The molecule has 0 heterocycles. The molecule has 0 radical (unpaired) electrons. The maximum absolute atomic E-state index is 9.94. The molecule has 0 amide bonds. The maximum Gasteiger partial charge on any atom is 0.276 e. The SMILES string of the molecule is COPC(=O)C#N. The highest BCUT2D eigenvalue weighted by atomic mass is 31.1. The lowest BCUT2D eigenvalue weighted by Crippen LogP contribution is -1.79. The fraction of sp³-hybridized carbons (Fsp3) is 0.333. The van der Waals surface area contributed by atoms with Crippen molar-refractivity contribution in [1.82, 2.24) is 0 Å². The van der Waals surface area contributed by atoms with Crippen LogP contribution in [0.25, 0.3) is 0 Å². The first kappa shape index (κ1) is 6.55. The number of carbonyl (C=O) groups excluding carboxylic acids is 1. The molecule has 0 aromatic rings. The average Bonchev–Trinajstić information content (AvgIpc) is 1.68. The van der Waals surface area contributed by atoms with Gasteiger partial charge in [0.2, 0.25) is 0 Å². The Kier molecular flexibility index (Phi) is 3.49. The summed E-state index contributed by atoms with van der Waals surface area (Å²) in [4.78, 5) is 9.94. The summed E-state index contributed by atoms with van der Waals surface area (Å²) in [5.74, 6) is 0. The van der Waals surface area contributed by atoms with Crippen molar-refractivity contribution >= 4 is 14.3 Å². The van der Waals surface area contributed by atoms with E-state index < -0.39 is 5.52 Å². The summed E-state index contributed by atoms with van der Waals surface area (Å²) in [6, 6.07) is 1.41. The molecule has 0 bridgehead atoms. The molecule has 0 rings (SSSR count). The second-order valence-corrected chi connectivity index (χ2v) is 1.81. The third kappa shape index (κ3) is 3.38. The third-order valence-corrected chi connectivity index (χ3v) is 0.798. The Labute approximate surface area is 43.1 Å². The van der Waals surface area contributed by atoms with E-state index in [9.17, 15) is 4.79 Å². The van der Waals surface area contributed by atoms with Gasteiger partial charge >= 0.3 is 0 Å². The molecule has 0 aromatic heterocycles. The zero-order valence-corrected chi connectivity index (χ0v) is 4.76. The van der Waals surface area contributed by atoms with Crippen LogP contribution < -0.4 is 0 Å². The van der Waals surface area contributed by atoms with Crippen molar-refractivity contribution in [2.75, 3.05) is 7.11 Å². The number of nitrogens with zero attached hydrogens (tertiary/aromatic N) is 1. The first-order valence-corrected chi connectivity index (χ1v) is 2.45. The normalized spacial score (nSPS) is 9.14. The van der Waals surface area contributed by atoms with Gasteiger partial charge in [0.05, 0.1) is 0 Å². The van der Waals surface area contributed by atoms with E-state index in [-0.39, 0.29) is 8.81 Å². The fourth-order valence-electron chi connectivity index (χ4n) is 0.116. The van der Waals surface area contributed by atoms with Crippen molar-refractivity contribution < 1.29 is 9.32 Å². The van der Waals surface area contributed by atoms with Crippen LogP contribution in [0.3, 0.4) is 0 Å². The van der Waals surface area contributed by atoms with E-state index in [1.165, 1.54) is 13.2 Å². The summed E-state index contributed by atoms with van der Waals surface area (Å²) in [5, 5.41) is 7.79. The minimum absolute atomic E-state index is 0.311. The number of nitriles is 1. The van der Waals surface area contributed by atoms with Gasteiger partial charge in [-0.25, -0.2) is 0 Å². The summed E-state index contributed by atoms with van der Waals surface area (Å²) in [6.45, 7) is 0. The predicted octanol–water partition coefficient (Wildman–Crippen LogP) is 0.276. The molecule has 0 N–H and O–H groups in total. The van der Waals surface area contributed by atoms with Crippen LogP contribution in [0, 0.1) is 11.3 Å². The van der Waals surface area contributed by atoms with Crippen molar-refractivity contribution in [1.29, 1.82) is 5.26 Å². The van der Waals surface area contributed by atoms with Crippen LogP contribution in [0.2, 0.25) is 0 Å². The van der Waals surface area contributed by atoms with Gasteiger partial charge in [-0.15, -0.1) is 0 Å². The fourth-order valence-corrected chi connectivity index (χ4v) is 0.347. The Hall–Kier alpha value is -0.450. The van der Waals surface area contributed by atoms with E-state index in [1.54, 1.807) is 0 Å². The van der Waals surface area contributed by atoms with E-state index in [1.807, 2.05) is 0 Å². The minimum Gasteiger partial charge on any atom is -0.357 e. The molecule has 0 aromatic carbocycles. The van der Waals surface area contributed by atoms with Gasteiger partial charge in [-0.1, -0.05) is 0 Å². The summed E-state index contributed by atoms with van der Waals surface area (Å²) >= 11 is 0. The number of hydrogen-bond acceptors (Lipinski definition) is 3. The standard InChI is InChI=1S/C3H4NO2P/c1-6-7-3(5)2-4/h7H,1H3. The molecular formula is C3H4NO2P. The lowest BCUT2D eigenvalue weighted by Gasteiger charge is -1.82. The van der Waals surface area contributed by atoms with Gasteiger partial charge in [-0.05, 0) is 0 Å². The number of hydrogen-bond donors (Lipinski definition) is 0. The van der Waals surface area contributed by atoms with Crippen LogP contribution in [-0.4, -0.2) is 12.6 Å². The molecule has 0 saturated carbocycles. The molecular weight excluding hydrogens is 113 g/mol. The second-order valence-electron chi connectivity index (χ2n) is 0.747. The lowest BCUT2D eigenvalue weighted by atomic mass is 10.9. The van der Waals surface area contributed by atoms with Gasteiger partial charge in [0.15, 0.2) is 0 Å². The van der Waals surface area contributed by atoms with E-state index in [4.69, 9.17) is 5.26 Å². The van der Waals surface area contributed by atoms with Gasteiger partial charge < -0.3 is 4.52 Å². The number of rotatable bonds is 2. The second kappa shape index (κ2) is 3.73. The van der Waals surface area contributed by atoms with Crippen LogP contribution in [0.15, 0.2) is 0 Å². The summed E-state index contributed by atoms with van der Waals surface area (Å²) < 4.78 is 4.35. The molecule has 7 heavy (non-hydrogen) atoms. The zero-order chi connectivity index (χ0) is 5.70. The summed E-state index contributed by atoms with van der Waals surface area (Å²) in [7, 11) is 1.07. The third-order valence-electron chi connectivity index (χ3n) is 0.296. The van der Waals surface area contributed by atoms with Gasteiger partial charge in [-0.2, -0.15) is 5.26 Å². The van der Waals surface area contributed by atoms with Crippen molar-refractivity contribution in [2.45, 2.75) is 0 Å². The molecule has 38 valence electrons. The smallest absolute Gasteiger partial charge is 0.276 e. The summed E-state index contributed by atoms with van der Waals surface area (Å²) in [5.41, 5.74) is -0.512. The van der Waals surface area contributed by atoms with Crippen LogP contribution >= 0.6 is 8.81 Å². The Morgan fingerprint density at radius 3 is 2.71 bits per heavy atom. The highest BCUT2D eigenvalue weighted by Gasteiger charge is 1.92. The number of carbonyl (C=O) groups is 1. The zero-order valence-electron chi connectivity index (χ0n) is 3.76. The maximum atomic E-state index is 9.94. The molecule has 0 aliphatic heterocycles. The molecule has 4 heteroatoms. The monoisotopic (exact) mass is 117 g/mol. The van der Waals surface area contributed by atoms with Gasteiger partial charge in [0.25, 0.3) is 5.52 Å². The van der Waals surface area contributed by atoms with Crippen molar-refractivity contribution in [3.05, 3.63) is 0 Å². The Morgan fingerprint density at radius 1 is 2.00 bits per heavy atom. The minimum atomic E-state index is -0.512. The van der Waals surface area contributed by atoms with Crippen LogP contribution in [0.4, 0.5) is 0 Å². The highest BCUT2D eigenvalue weighted by Crippen LogP contribution is 2.07. The van der Waals surface area contributed by atoms with Gasteiger partial charge in [-0.3, -0.25) is 4.79 Å². The quantitative estimate of drug-likeness (QED) is 0.385. The van der Waals surface area contributed by atoms with Crippen molar-refractivity contribution in [2.24, 2.45) is 0 Å². The molecule has 1 unspecified atom stereocenters. The molecule has 1 atom stereocenters. The molecule has 0 fully saturated rings. The van der Waals surface area contributed by atoms with Crippen molar-refractivity contribution in [3.8, 4) is 6.07 Å². The van der Waals surface area contributed by atoms with E-state index in [0.29, 0.717) is 0 Å². The topological polar surface area (TPSA) is 50.1 Å². The average molecular weight is 117 g/mol. The molecule has 0 spiro atoms. The summed E-state index contributed by atoms with van der Waals surface area (Å²) in [6.07, 6.45) is 0. The first-order valence-electron chi connectivity index (χ1n) is 1.54. The Bertz CT molecular complexity index is 106. The molecule has 0 saturated heterocycles. The van der Waals surface area contributed by atoms with E-state index >= 15 is 0 Å². The van der Waals surface area contributed by atoms with Crippen LogP contribution in [-0.2, 0) is 9.32 Å².